The Morgan fingerprint density at radius 1 is 0.596 bits per heavy atom. The highest BCUT2D eigenvalue weighted by atomic mass is 15.2. The number of aromatic nitrogens is 2. The number of rotatable bonds is 4. The third-order valence-electron chi connectivity index (χ3n) is 11.6. The fourth-order valence-electron chi connectivity index (χ4n) is 9.18. The summed E-state index contributed by atoms with van der Waals surface area (Å²) in [5.74, 6) is 1.78. The molecule has 8 aromatic rings. The molecule has 0 radical (unpaired) electrons. The molecule has 0 saturated carbocycles. The van der Waals surface area contributed by atoms with Crippen LogP contribution in [0.25, 0.3) is 49.3 Å². The van der Waals surface area contributed by atoms with Crippen LogP contribution in [0.1, 0.15) is 42.0 Å². The molecule has 5 nitrogen and oxygen atoms in total. The molecule has 52 heavy (non-hydrogen) atoms. The van der Waals surface area contributed by atoms with Crippen LogP contribution in [0, 0.1) is 0 Å². The molecule has 0 bridgehead atoms. The number of aliphatic imine (C=N–C) groups is 2. The molecule has 2 unspecified atom stereocenters. The minimum Gasteiger partial charge on any atom is -0.329 e. The summed E-state index contributed by atoms with van der Waals surface area (Å²) in [4.78, 5) is 10.6. The average molecular weight is 670 g/mol. The van der Waals surface area contributed by atoms with Gasteiger partial charge >= 0.3 is 0 Å². The van der Waals surface area contributed by atoms with Crippen molar-refractivity contribution in [2.24, 2.45) is 9.98 Å². The lowest BCUT2D eigenvalue weighted by molar-refractivity contribution is 0.390. The largest absolute Gasteiger partial charge is 0.329 e. The minimum absolute atomic E-state index is 0.170. The molecule has 2 atom stereocenters. The Morgan fingerprint density at radius 3 is 2.04 bits per heavy atom. The van der Waals surface area contributed by atoms with Gasteiger partial charge in [0.05, 0.1) is 22.1 Å². The van der Waals surface area contributed by atoms with E-state index in [1.165, 1.54) is 49.2 Å². The van der Waals surface area contributed by atoms with E-state index in [0.29, 0.717) is 0 Å². The summed E-state index contributed by atoms with van der Waals surface area (Å²) in [6, 6.07) is 49.9. The Hall–Kier alpha value is -6.46. The zero-order valence-electron chi connectivity index (χ0n) is 29.0. The van der Waals surface area contributed by atoms with Crippen molar-refractivity contribution in [3.8, 4) is 5.69 Å². The van der Waals surface area contributed by atoms with Crippen LogP contribution in [0.15, 0.2) is 174 Å². The maximum Gasteiger partial charge on any atom is 0.177 e. The van der Waals surface area contributed by atoms with E-state index in [4.69, 9.17) is 9.98 Å². The van der Waals surface area contributed by atoms with E-state index in [1.54, 1.807) is 0 Å². The van der Waals surface area contributed by atoms with Gasteiger partial charge in [0.1, 0.15) is 11.7 Å². The fourth-order valence-corrected chi connectivity index (χ4v) is 9.18. The minimum atomic E-state index is -0.867. The van der Waals surface area contributed by atoms with Crippen LogP contribution in [0.5, 0.6) is 0 Å². The van der Waals surface area contributed by atoms with Crippen LogP contribution in [-0.2, 0) is 11.2 Å². The zero-order valence-corrected chi connectivity index (χ0v) is 29.0. The first kappa shape index (κ1) is 29.3. The van der Waals surface area contributed by atoms with E-state index in [0.717, 1.165) is 34.0 Å². The fraction of sp³-hybridized carbons (Fsp3) is 0.106. The van der Waals surface area contributed by atoms with Crippen molar-refractivity contribution in [1.29, 1.82) is 0 Å². The van der Waals surface area contributed by atoms with Gasteiger partial charge in [-0.15, -0.1) is 0 Å². The summed E-state index contributed by atoms with van der Waals surface area (Å²) in [6.45, 7) is 4.52. The Morgan fingerprint density at radius 2 is 1.27 bits per heavy atom. The predicted octanol–water partition coefficient (Wildman–Crippen LogP) is 10.5. The number of nitrogens with one attached hydrogen (secondary N) is 1. The van der Waals surface area contributed by atoms with Crippen LogP contribution in [0.4, 0.5) is 0 Å². The van der Waals surface area contributed by atoms with E-state index in [-0.39, 0.29) is 11.5 Å². The highest BCUT2D eigenvalue weighted by Gasteiger charge is 2.41. The van der Waals surface area contributed by atoms with E-state index in [2.05, 4.69) is 180 Å². The third-order valence-corrected chi connectivity index (χ3v) is 11.6. The molecule has 11 rings (SSSR count). The van der Waals surface area contributed by atoms with Crippen molar-refractivity contribution in [1.82, 2.24) is 14.5 Å². The van der Waals surface area contributed by atoms with Gasteiger partial charge in [-0.25, -0.2) is 9.98 Å². The summed E-state index contributed by atoms with van der Waals surface area (Å²) in [6.07, 6.45) is 9.24. The molecule has 5 heteroatoms. The second-order valence-corrected chi connectivity index (χ2v) is 14.6. The SMILES string of the molecule is CC1(c2cccc(-n3c4cccc5c4c4c3ccc3c6ccccc6n(c34)C3(C)C=CC=CC53)c2)N=C(c2ccccc2)NC(c2ccccc2)=N1. The maximum absolute atomic E-state index is 5.32. The summed E-state index contributed by atoms with van der Waals surface area (Å²) < 4.78 is 5.08. The van der Waals surface area contributed by atoms with Crippen molar-refractivity contribution < 1.29 is 0 Å². The molecule has 6 aromatic carbocycles. The number of hydrogen-bond acceptors (Lipinski definition) is 3. The van der Waals surface area contributed by atoms with Gasteiger partial charge in [-0.3, -0.25) is 0 Å². The molecule has 0 saturated heterocycles. The van der Waals surface area contributed by atoms with Crippen LogP contribution in [0.3, 0.4) is 0 Å². The lowest BCUT2D eigenvalue weighted by atomic mass is 9.77. The molecule has 3 aliphatic rings. The van der Waals surface area contributed by atoms with Gasteiger partial charge in [0.2, 0.25) is 0 Å². The molecule has 1 aliphatic carbocycles. The van der Waals surface area contributed by atoms with Crippen LogP contribution >= 0.6 is 0 Å². The van der Waals surface area contributed by atoms with E-state index >= 15 is 0 Å². The van der Waals surface area contributed by atoms with Crippen LogP contribution in [0.2, 0.25) is 0 Å². The summed E-state index contributed by atoms with van der Waals surface area (Å²) in [5, 5.41) is 8.78. The Bertz CT molecular complexity index is 2850. The van der Waals surface area contributed by atoms with Gasteiger partial charge in [-0.2, -0.15) is 0 Å². The van der Waals surface area contributed by atoms with Crippen molar-refractivity contribution in [2.75, 3.05) is 0 Å². The Balaban J connectivity index is 1.19. The first-order chi connectivity index (χ1) is 25.5. The third kappa shape index (κ3) is 3.93. The highest BCUT2D eigenvalue weighted by molar-refractivity contribution is 6.27. The number of para-hydroxylation sites is 1. The van der Waals surface area contributed by atoms with Crippen LogP contribution in [-0.4, -0.2) is 20.8 Å². The summed E-state index contributed by atoms with van der Waals surface area (Å²) in [5.41, 5.74) is 9.37. The molecule has 1 N–H and O–H groups in total. The highest BCUT2D eigenvalue weighted by Crippen LogP contribution is 2.53. The first-order valence-corrected chi connectivity index (χ1v) is 18.1. The monoisotopic (exact) mass is 669 g/mol. The van der Waals surface area contributed by atoms with Crippen molar-refractivity contribution >= 4 is 55.3 Å². The Kier molecular flexibility index (Phi) is 5.93. The topological polar surface area (TPSA) is 46.6 Å². The average Bonchev–Trinajstić information content (AvgIpc) is 3.69. The van der Waals surface area contributed by atoms with Gasteiger partial charge in [0, 0.05) is 55.4 Å². The van der Waals surface area contributed by atoms with Gasteiger partial charge in [-0.05, 0) is 49.7 Å². The molecular weight excluding hydrogens is 635 g/mol. The van der Waals surface area contributed by atoms with E-state index in [1.807, 2.05) is 12.1 Å². The molecule has 0 amide bonds. The molecule has 4 heterocycles. The van der Waals surface area contributed by atoms with Gasteiger partial charge in [-0.1, -0.05) is 133 Å². The van der Waals surface area contributed by atoms with Crippen molar-refractivity contribution in [3.63, 3.8) is 0 Å². The number of allylic oxidation sites excluding steroid dienone is 4. The maximum atomic E-state index is 5.32. The second kappa shape index (κ2) is 10.5. The van der Waals surface area contributed by atoms with E-state index < -0.39 is 5.66 Å². The zero-order chi connectivity index (χ0) is 34.6. The lowest BCUT2D eigenvalue weighted by Gasteiger charge is -2.38. The molecule has 0 fully saturated rings. The molecule has 248 valence electrons. The molecule has 2 aromatic heterocycles. The van der Waals surface area contributed by atoms with Gasteiger partial charge in [0.25, 0.3) is 0 Å². The Labute approximate surface area is 301 Å². The second-order valence-electron chi connectivity index (χ2n) is 14.6. The van der Waals surface area contributed by atoms with Crippen molar-refractivity contribution in [3.05, 3.63) is 186 Å². The predicted molar refractivity (Wildman–Crippen MR) is 215 cm³/mol. The lowest BCUT2D eigenvalue weighted by Crippen LogP contribution is -2.40. The van der Waals surface area contributed by atoms with Gasteiger partial charge in [0.15, 0.2) is 5.66 Å². The standard InChI is InChI=1S/C47H35N5/c1-46-28-12-11-23-37(46)36-22-14-25-39-41(36)42-40(27-26-35-34-21-9-10-24-38(34)52(46)43(35)42)51(39)33-20-13-19-32(29-33)47(2)49-44(30-15-5-3-6-16-30)48-45(50-47)31-17-7-4-8-18-31/h3-29,37H,1-2H3,(H,48,49,50). The smallest absolute Gasteiger partial charge is 0.177 e. The van der Waals surface area contributed by atoms with Crippen LogP contribution < -0.4 is 5.32 Å². The number of benzene rings is 6. The molecular formula is C47H35N5. The number of hydrogen-bond donors (Lipinski definition) is 1. The normalized spacial score (nSPS) is 20.0. The van der Waals surface area contributed by atoms with E-state index in [9.17, 15) is 0 Å². The first-order valence-electron chi connectivity index (χ1n) is 18.1. The quantitative estimate of drug-likeness (QED) is 0.199. The number of amidine groups is 2. The molecule has 0 spiro atoms. The number of fused-ring (bicyclic) bond motifs is 6. The van der Waals surface area contributed by atoms with Crippen molar-refractivity contribution in [2.45, 2.75) is 31.0 Å². The summed E-state index contributed by atoms with van der Waals surface area (Å²) >= 11 is 0. The molecule has 2 aliphatic heterocycles. The summed E-state index contributed by atoms with van der Waals surface area (Å²) in [7, 11) is 0. The number of nitrogens with zero attached hydrogens (tertiary/aromatic N) is 4. The van der Waals surface area contributed by atoms with Gasteiger partial charge < -0.3 is 14.5 Å².